The van der Waals surface area contributed by atoms with E-state index in [0.29, 0.717) is 6.54 Å². The van der Waals surface area contributed by atoms with E-state index < -0.39 is 0 Å². The summed E-state index contributed by atoms with van der Waals surface area (Å²) < 4.78 is 0. The van der Waals surface area contributed by atoms with Gasteiger partial charge in [0.05, 0.1) is 6.54 Å². The van der Waals surface area contributed by atoms with E-state index in [1.165, 1.54) is 37.4 Å². The van der Waals surface area contributed by atoms with Crippen molar-refractivity contribution in [1.82, 2.24) is 9.80 Å². The van der Waals surface area contributed by atoms with Crippen molar-refractivity contribution >= 4 is 11.3 Å². The van der Waals surface area contributed by atoms with Crippen molar-refractivity contribution in [2.75, 3.05) is 39.8 Å². The molecule has 3 nitrogen and oxygen atoms in total. The van der Waals surface area contributed by atoms with Gasteiger partial charge < -0.3 is 10.6 Å². The predicted molar refractivity (Wildman–Crippen MR) is 82.3 cm³/mol. The summed E-state index contributed by atoms with van der Waals surface area (Å²) in [5, 5.41) is 2.12. The highest BCUT2D eigenvalue weighted by molar-refractivity contribution is 7.10. The molecule has 0 saturated carbocycles. The summed E-state index contributed by atoms with van der Waals surface area (Å²) in [5.41, 5.74) is 6.57. The molecule has 4 heteroatoms. The van der Waals surface area contributed by atoms with E-state index in [-0.39, 0.29) is 0 Å². The van der Waals surface area contributed by atoms with Gasteiger partial charge in [-0.25, -0.2) is 0 Å². The summed E-state index contributed by atoms with van der Waals surface area (Å²) in [6.07, 6.45) is 2.74. The standard InChI is InChI=1S/C15H23N3S/c1-17(10-11-18-8-2-3-9-18)13-15-14(5-4-7-16)6-12-19-15/h6,12H,2-3,7-11,13,16H2,1H3. The SMILES string of the molecule is CN(CCN1CCCC1)Cc1sccc1C#CCN. The number of rotatable bonds is 5. The highest BCUT2D eigenvalue weighted by Crippen LogP contribution is 2.17. The van der Waals surface area contributed by atoms with Crippen molar-refractivity contribution in [1.29, 1.82) is 0 Å². The van der Waals surface area contributed by atoms with Crippen molar-refractivity contribution < 1.29 is 0 Å². The average molecular weight is 277 g/mol. The van der Waals surface area contributed by atoms with E-state index in [4.69, 9.17) is 5.73 Å². The van der Waals surface area contributed by atoms with Crippen LogP contribution in [0.2, 0.25) is 0 Å². The fourth-order valence-corrected chi connectivity index (χ4v) is 3.27. The normalized spacial score (nSPS) is 15.7. The molecule has 0 bridgehead atoms. The van der Waals surface area contributed by atoms with Crippen LogP contribution in [0.4, 0.5) is 0 Å². The molecule has 104 valence electrons. The van der Waals surface area contributed by atoms with Crippen molar-refractivity contribution in [2.45, 2.75) is 19.4 Å². The van der Waals surface area contributed by atoms with E-state index >= 15 is 0 Å². The highest BCUT2D eigenvalue weighted by atomic mass is 32.1. The third-order valence-corrected chi connectivity index (χ3v) is 4.39. The van der Waals surface area contributed by atoms with E-state index in [1.807, 2.05) is 0 Å². The molecule has 1 saturated heterocycles. The minimum absolute atomic E-state index is 0.431. The van der Waals surface area contributed by atoms with Crippen molar-refractivity contribution in [3.8, 4) is 11.8 Å². The minimum Gasteiger partial charge on any atom is -0.320 e. The van der Waals surface area contributed by atoms with Crippen LogP contribution in [0, 0.1) is 11.8 Å². The minimum atomic E-state index is 0.431. The third-order valence-electron chi connectivity index (χ3n) is 3.48. The molecule has 2 heterocycles. The van der Waals surface area contributed by atoms with Crippen molar-refractivity contribution in [3.63, 3.8) is 0 Å². The molecule has 1 aliphatic rings. The van der Waals surface area contributed by atoms with Crippen LogP contribution in [0.15, 0.2) is 11.4 Å². The quantitative estimate of drug-likeness (QED) is 0.830. The van der Waals surface area contributed by atoms with Crippen molar-refractivity contribution in [2.24, 2.45) is 5.73 Å². The maximum Gasteiger partial charge on any atom is 0.0555 e. The molecule has 19 heavy (non-hydrogen) atoms. The smallest absolute Gasteiger partial charge is 0.0555 e. The van der Waals surface area contributed by atoms with Gasteiger partial charge in [0.1, 0.15) is 0 Å². The van der Waals surface area contributed by atoms with E-state index in [1.54, 1.807) is 11.3 Å². The Morgan fingerprint density at radius 2 is 2.21 bits per heavy atom. The Balaban J connectivity index is 1.81. The van der Waals surface area contributed by atoms with Gasteiger partial charge in [0.25, 0.3) is 0 Å². The number of likely N-dealkylation sites (tertiary alicyclic amines) is 1. The number of nitrogens with two attached hydrogens (primary N) is 1. The van der Waals surface area contributed by atoms with Gasteiger partial charge in [0, 0.05) is 30.1 Å². The Labute approximate surface area is 120 Å². The Hall–Kier alpha value is -0.860. The zero-order chi connectivity index (χ0) is 13.5. The first-order chi connectivity index (χ1) is 9.29. The zero-order valence-electron chi connectivity index (χ0n) is 11.7. The first-order valence-corrected chi connectivity index (χ1v) is 7.84. The van der Waals surface area contributed by atoms with Gasteiger partial charge in [-0.05, 0) is 44.4 Å². The maximum absolute atomic E-state index is 5.43. The van der Waals surface area contributed by atoms with E-state index in [0.717, 1.165) is 18.7 Å². The van der Waals surface area contributed by atoms with Gasteiger partial charge in [-0.3, -0.25) is 4.90 Å². The lowest BCUT2D eigenvalue weighted by molar-refractivity contribution is 0.253. The van der Waals surface area contributed by atoms with Crippen LogP contribution in [0.3, 0.4) is 0 Å². The van der Waals surface area contributed by atoms with Gasteiger partial charge in [-0.15, -0.1) is 11.3 Å². The van der Waals surface area contributed by atoms with Crippen LogP contribution in [0.25, 0.3) is 0 Å². The van der Waals surface area contributed by atoms with Gasteiger partial charge in [-0.1, -0.05) is 11.8 Å². The Bertz CT molecular complexity index is 438. The lowest BCUT2D eigenvalue weighted by Crippen LogP contribution is -2.31. The summed E-state index contributed by atoms with van der Waals surface area (Å²) >= 11 is 1.79. The molecule has 0 amide bonds. The van der Waals surface area contributed by atoms with Crippen LogP contribution >= 0.6 is 11.3 Å². The Kier molecular flexibility index (Phi) is 5.87. The van der Waals surface area contributed by atoms with Crippen LogP contribution in [0.5, 0.6) is 0 Å². The largest absolute Gasteiger partial charge is 0.320 e. The van der Waals surface area contributed by atoms with E-state index in [2.05, 4.69) is 40.1 Å². The summed E-state index contributed by atoms with van der Waals surface area (Å²) in [7, 11) is 2.19. The molecular weight excluding hydrogens is 254 g/mol. The van der Waals surface area contributed by atoms with Crippen LogP contribution < -0.4 is 5.73 Å². The summed E-state index contributed by atoms with van der Waals surface area (Å²) in [4.78, 5) is 6.29. The molecule has 0 radical (unpaired) electrons. The molecule has 2 N–H and O–H groups in total. The molecule has 1 aromatic rings. The highest BCUT2D eigenvalue weighted by Gasteiger charge is 2.12. The van der Waals surface area contributed by atoms with Gasteiger partial charge in [0.2, 0.25) is 0 Å². The molecule has 2 rings (SSSR count). The fourth-order valence-electron chi connectivity index (χ4n) is 2.36. The molecule has 0 spiro atoms. The Morgan fingerprint density at radius 1 is 1.42 bits per heavy atom. The first kappa shape index (κ1) is 14.5. The molecule has 1 aliphatic heterocycles. The summed E-state index contributed by atoms with van der Waals surface area (Å²) in [6.45, 7) is 6.29. The molecule has 0 aliphatic carbocycles. The van der Waals surface area contributed by atoms with Crippen LogP contribution in [-0.4, -0.2) is 49.6 Å². The fraction of sp³-hybridized carbons (Fsp3) is 0.600. The third kappa shape index (κ3) is 4.63. The number of thiophene rings is 1. The predicted octanol–water partition coefficient (Wildman–Crippen LogP) is 1.59. The molecule has 0 aromatic carbocycles. The topological polar surface area (TPSA) is 32.5 Å². The molecule has 0 unspecified atom stereocenters. The van der Waals surface area contributed by atoms with Crippen LogP contribution in [-0.2, 0) is 6.54 Å². The van der Waals surface area contributed by atoms with E-state index in [9.17, 15) is 0 Å². The number of nitrogens with zero attached hydrogens (tertiary/aromatic N) is 2. The lowest BCUT2D eigenvalue weighted by atomic mass is 10.2. The second-order valence-electron chi connectivity index (χ2n) is 5.05. The second-order valence-corrected chi connectivity index (χ2v) is 6.05. The average Bonchev–Trinajstić information content (AvgIpc) is 3.05. The number of hydrogen-bond donors (Lipinski definition) is 1. The summed E-state index contributed by atoms with van der Waals surface area (Å²) in [6, 6.07) is 2.09. The summed E-state index contributed by atoms with van der Waals surface area (Å²) in [5.74, 6) is 6.09. The van der Waals surface area contributed by atoms with Gasteiger partial charge in [0.15, 0.2) is 0 Å². The van der Waals surface area contributed by atoms with Crippen LogP contribution in [0.1, 0.15) is 23.3 Å². The monoisotopic (exact) mass is 277 g/mol. The zero-order valence-corrected chi connectivity index (χ0v) is 12.5. The number of hydrogen-bond acceptors (Lipinski definition) is 4. The Morgan fingerprint density at radius 3 is 2.95 bits per heavy atom. The number of likely N-dealkylation sites (N-methyl/N-ethyl adjacent to an activating group) is 1. The molecular formula is C15H23N3S. The molecule has 1 aromatic heterocycles. The first-order valence-electron chi connectivity index (χ1n) is 6.96. The van der Waals surface area contributed by atoms with Gasteiger partial charge in [-0.2, -0.15) is 0 Å². The second kappa shape index (κ2) is 7.66. The van der Waals surface area contributed by atoms with Crippen molar-refractivity contribution in [3.05, 3.63) is 21.9 Å². The van der Waals surface area contributed by atoms with Gasteiger partial charge >= 0.3 is 0 Å². The molecule has 1 fully saturated rings. The lowest BCUT2D eigenvalue weighted by Gasteiger charge is -2.20. The maximum atomic E-state index is 5.43. The molecule has 0 atom stereocenters.